The Labute approximate surface area is 235 Å². The van der Waals surface area contributed by atoms with Gasteiger partial charge in [-0.2, -0.15) is 5.10 Å². The smallest absolute Gasteiger partial charge is 0.269 e. The molecule has 1 heterocycles. The molecule has 0 aliphatic rings. The van der Waals surface area contributed by atoms with Crippen molar-refractivity contribution in [1.82, 2.24) is 10.7 Å². The van der Waals surface area contributed by atoms with E-state index < -0.39 is 28.9 Å². The van der Waals surface area contributed by atoms with E-state index in [4.69, 9.17) is 32.4 Å². The number of furan rings is 1. The van der Waals surface area contributed by atoms with Crippen molar-refractivity contribution in [2.45, 2.75) is 46.3 Å². The summed E-state index contributed by atoms with van der Waals surface area (Å²) in [6.07, 6.45) is 0.760. The van der Waals surface area contributed by atoms with Crippen LogP contribution in [0.4, 0.5) is 5.69 Å². The number of carbonyl (C=O) groups is 2. The molecule has 206 valence electrons. The summed E-state index contributed by atoms with van der Waals surface area (Å²) in [5.41, 5.74) is 3.80. The second-order valence-electron chi connectivity index (χ2n) is 9.22. The van der Waals surface area contributed by atoms with Gasteiger partial charge >= 0.3 is 0 Å². The van der Waals surface area contributed by atoms with E-state index in [0.29, 0.717) is 39.8 Å². The number of nitro benzene ring substituents is 1. The molecular formula is C27H28Cl2N4O6. The normalized spacial score (nSPS) is 12.8. The van der Waals surface area contributed by atoms with E-state index in [9.17, 15) is 19.7 Å². The molecule has 2 atom stereocenters. The first kappa shape index (κ1) is 29.7. The number of ether oxygens (including phenoxy) is 1. The first-order valence-corrected chi connectivity index (χ1v) is 12.8. The summed E-state index contributed by atoms with van der Waals surface area (Å²) in [7, 11) is 0. The van der Waals surface area contributed by atoms with Gasteiger partial charge in [0.25, 0.3) is 17.5 Å². The summed E-state index contributed by atoms with van der Waals surface area (Å²) in [4.78, 5) is 36.1. The molecule has 2 aromatic carbocycles. The van der Waals surface area contributed by atoms with Crippen molar-refractivity contribution in [2.24, 2.45) is 11.0 Å². The number of nitrogens with zero attached hydrogens (tertiary/aromatic N) is 2. The largest absolute Gasteiger partial charge is 0.479 e. The van der Waals surface area contributed by atoms with E-state index in [1.54, 1.807) is 44.2 Å². The number of nitro groups is 1. The van der Waals surface area contributed by atoms with Crippen LogP contribution in [0, 0.1) is 23.0 Å². The van der Waals surface area contributed by atoms with Crippen LogP contribution in [0.15, 0.2) is 58.0 Å². The van der Waals surface area contributed by atoms with Gasteiger partial charge in [0.05, 0.1) is 16.2 Å². The van der Waals surface area contributed by atoms with Crippen LogP contribution in [0.5, 0.6) is 5.75 Å². The fourth-order valence-electron chi connectivity index (χ4n) is 3.65. The maximum Gasteiger partial charge on any atom is 0.269 e. The zero-order chi connectivity index (χ0) is 28.7. The van der Waals surface area contributed by atoms with Gasteiger partial charge in [-0.15, -0.1) is 0 Å². The van der Waals surface area contributed by atoms with Gasteiger partial charge in [0.15, 0.2) is 6.10 Å². The number of carbonyl (C=O) groups excluding carboxylic acids is 2. The molecule has 2 amide bonds. The van der Waals surface area contributed by atoms with Crippen LogP contribution in [0.2, 0.25) is 10.0 Å². The summed E-state index contributed by atoms with van der Waals surface area (Å²) in [6.45, 7) is 7.14. The van der Waals surface area contributed by atoms with E-state index in [1.165, 1.54) is 24.4 Å². The Balaban J connectivity index is 1.62. The lowest BCUT2D eigenvalue weighted by Gasteiger charge is -2.22. The van der Waals surface area contributed by atoms with Crippen molar-refractivity contribution in [3.8, 4) is 17.1 Å². The summed E-state index contributed by atoms with van der Waals surface area (Å²) in [5, 5.41) is 18.3. The molecule has 0 fully saturated rings. The molecule has 3 rings (SSSR count). The van der Waals surface area contributed by atoms with Crippen molar-refractivity contribution in [3.05, 3.63) is 80.0 Å². The van der Waals surface area contributed by atoms with Crippen molar-refractivity contribution >= 4 is 46.9 Å². The Morgan fingerprint density at radius 1 is 1.10 bits per heavy atom. The topological polar surface area (TPSA) is 136 Å². The lowest BCUT2D eigenvalue weighted by Crippen LogP contribution is -2.49. The van der Waals surface area contributed by atoms with Crippen molar-refractivity contribution < 1.29 is 23.7 Å². The third-order valence-corrected chi connectivity index (χ3v) is 6.12. The highest BCUT2D eigenvalue weighted by Gasteiger charge is 2.25. The van der Waals surface area contributed by atoms with Crippen LogP contribution in [-0.4, -0.2) is 35.1 Å². The summed E-state index contributed by atoms with van der Waals surface area (Å²) >= 11 is 12.0. The van der Waals surface area contributed by atoms with Crippen LogP contribution in [0.25, 0.3) is 11.3 Å². The van der Waals surface area contributed by atoms with E-state index in [-0.39, 0.29) is 16.6 Å². The first-order valence-electron chi connectivity index (χ1n) is 12.0. The number of non-ortho nitro benzene ring substituents is 1. The third-order valence-electron chi connectivity index (χ3n) is 5.59. The fourth-order valence-corrected chi connectivity index (χ4v) is 4.10. The Kier molecular flexibility index (Phi) is 10.1. The number of rotatable bonds is 11. The SMILES string of the molecule is Cc1cc([N+](=O)[O-])ccc1-c1ccc(/C=N\NC(=O)[C@@H](CC(C)C)NC(=O)[C@H](C)Oc2ccc(Cl)cc2Cl)o1. The first-order chi connectivity index (χ1) is 18.4. The van der Waals surface area contributed by atoms with Crippen molar-refractivity contribution in [3.63, 3.8) is 0 Å². The molecule has 0 unspecified atom stereocenters. The highest BCUT2D eigenvalue weighted by atomic mass is 35.5. The Bertz CT molecular complexity index is 1390. The fraction of sp³-hybridized carbons (Fsp3) is 0.296. The van der Waals surface area contributed by atoms with Crippen LogP contribution < -0.4 is 15.5 Å². The third kappa shape index (κ3) is 8.30. The van der Waals surface area contributed by atoms with Crippen LogP contribution in [-0.2, 0) is 9.59 Å². The molecule has 0 spiro atoms. The van der Waals surface area contributed by atoms with Gasteiger partial charge in [0, 0.05) is 22.7 Å². The van der Waals surface area contributed by atoms with Crippen molar-refractivity contribution in [1.29, 1.82) is 0 Å². The summed E-state index contributed by atoms with van der Waals surface area (Å²) < 4.78 is 11.4. The molecule has 3 aromatic rings. The predicted molar refractivity (Wildman–Crippen MR) is 149 cm³/mol. The van der Waals surface area contributed by atoms with E-state index in [1.807, 2.05) is 13.8 Å². The second-order valence-corrected chi connectivity index (χ2v) is 10.1. The summed E-state index contributed by atoms with van der Waals surface area (Å²) in [5.74, 6) is 0.233. The molecule has 0 saturated carbocycles. The number of hydrogen-bond donors (Lipinski definition) is 2. The molecule has 0 radical (unpaired) electrons. The number of amides is 2. The standard InChI is InChI=1S/C27H28Cl2N4O6/c1-15(2)11-23(31-26(34)17(4)38-25-9-5-18(28)13-22(25)29)27(35)32-30-14-20-7-10-24(39-20)21-8-6-19(33(36)37)12-16(21)3/h5-10,12-15,17,23H,11H2,1-4H3,(H,31,34)(H,32,35)/b30-14-/t17-,23+/m0/s1. The van der Waals surface area contributed by atoms with Gasteiger partial charge < -0.3 is 14.5 Å². The molecular weight excluding hydrogens is 547 g/mol. The molecule has 12 heteroatoms. The van der Waals surface area contributed by atoms with E-state index in [2.05, 4.69) is 15.8 Å². The lowest BCUT2D eigenvalue weighted by molar-refractivity contribution is -0.384. The highest BCUT2D eigenvalue weighted by molar-refractivity contribution is 6.35. The minimum atomic E-state index is -0.931. The zero-order valence-electron chi connectivity index (χ0n) is 21.7. The van der Waals surface area contributed by atoms with Crippen LogP contribution in [0.1, 0.15) is 38.5 Å². The number of aryl methyl sites for hydroxylation is 1. The Morgan fingerprint density at radius 3 is 2.49 bits per heavy atom. The Hall–Kier alpha value is -3.89. The quantitative estimate of drug-likeness (QED) is 0.166. The minimum Gasteiger partial charge on any atom is -0.479 e. The number of hydrogen-bond acceptors (Lipinski definition) is 7. The van der Waals surface area contributed by atoms with Gasteiger partial charge in [-0.05, 0) is 68.1 Å². The number of hydrazone groups is 1. The predicted octanol–water partition coefficient (Wildman–Crippen LogP) is 5.92. The zero-order valence-corrected chi connectivity index (χ0v) is 23.2. The van der Waals surface area contributed by atoms with Gasteiger partial charge in [-0.25, -0.2) is 5.43 Å². The molecule has 2 N–H and O–H groups in total. The van der Waals surface area contributed by atoms with Gasteiger partial charge in [-0.3, -0.25) is 19.7 Å². The monoisotopic (exact) mass is 574 g/mol. The highest BCUT2D eigenvalue weighted by Crippen LogP contribution is 2.29. The molecule has 0 saturated heterocycles. The lowest BCUT2D eigenvalue weighted by atomic mass is 10.0. The van der Waals surface area contributed by atoms with Gasteiger partial charge in [0.2, 0.25) is 0 Å². The molecule has 1 aromatic heterocycles. The molecule has 0 aliphatic heterocycles. The van der Waals surface area contributed by atoms with Gasteiger partial charge in [-0.1, -0.05) is 37.0 Å². The summed E-state index contributed by atoms with van der Waals surface area (Å²) in [6, 6.07) is 11.6. The maximum absolute atomic E-state index is 12.8. The minimum absolute atomic E-state index is 0.00918. The number of benzene rings is 2. The Morgan fingerprint density at radius 2 is 1.85 bits per heavy atom. The average molecular weight is 575 g/mol. The number of halogens is 2. The van der Waals surface area contributed by atoms with Crippen LogP contribution >= 0.6 is 23.2 Å². The molecule has 10 nitrogen and oxygen atoms in total. The van der Waals surface area contributed by atoms with Crippen LogP contribution in [0.3, 0.4) is 0 Å². The second kappa shape index (κ2) is 13.3. The molecule has 0 aliphatic carbocycles. The van der Waals surface area contributed by atoms with Gasteiger partial charge in [0.1, 0.15) is 23.3 Å². The maximum atomic E-state index is 12.8. The number of nitrogens with one attached hydrogen (secondary N) is 2. The molecule has 39 heavy (non-hydrogen) atoms. The van der Waals surface area contributed by atoms with E-state index >= 15 is 0 Å². The van der Waals surface area contributed by atoms with E-state index in [0.717, 1.165) is 0 Å². The molecule has 0 bridgehead atoms. The van der Waals surface area contributed by atoms with Crippen molar-refractivity contribution in [2.75, 3.05) is 0 Å². The average Bonchev–Trinajstić information content (AvgIpc) is 3.33.